The molecule has 3 aliphatic rings. The molecule has 6 atom stereocenters. The zero-order valence-electron chi connectivity index (χ0n) is 28.2. The summed E-state index contributed by atoms with van der Waals surface area (Å²) in [6.45, 7) is 4.59. The molecule has 272 valence electrons. The Morgan fingerprint density at radius 2 is 1.44 bits per heavy atom. The molecule has 6 heterocycles. The third-order valence-electron chi connectivity index (χ3n) is 7.55. The summed E-state index contributed by atoms with van der Waals surface area (Å²) in [6.07, 6.45) is 9.98. The second-order valence-corrected chi connectivity index (χ2v) is 12.5. The number of thioether (sulfide) groups is 1. The second kappa shape index (κ2) is 17.5. The first-order valence-electron chi connectivity index (χ1n) is 15.4. The number of hydrogen-bond acceptors (Lipinski definition) is 13. The first-order chi connectivity index (χ1) is 23.9. The lowest BCUT2D eigenvalue weighted by atomic mass is 10.3. The van der Waals surface area contributed by atoms with Crippen molar-refractivity contribution in [1.82, 2.24) is 28.2 Å². The van der Waals surface area contributed by atoms with Crippen molar-refractivity contribution in [3.8, 4) is 0 Å². The number of ether oxygens (including phenoxy) is 5. The van der Waals surface area contributed by atoms with Crippen LogP contribution in [0.15, 0.2) is 77.7 Å². The van der Waals surface area contributed by atoms with Gasteiger partial charge >= 0.3 is 17.1 Å². The van der Waals surface area contributed by atoms with Crippen molar-refractivity contribution in [2.24, 2.45) is 12.8 Å². The summed E-state index contributed by atoms with van der Waals surface area (Å²) < 4.78 is 31.9. The van der Waals surface area contributed by atoms with Crippen molar-refractivity contribution >= 4 is 11.8 Å². The number of methoxy groups -OCH3 is 2. The molecule has 0 aromatic carbocycles. The van der Waals surface area contributed by atoms with Gasteiger partial charge in [-0.25, -0.2) is 14.4 Å². The molecule has 1 saturated heterocycles. The van der Waals surface area contributed by atoms with Gasteiger partial charge in [-0.05, 0) is 26.0 Å². The number of aromatic nitrogens is 6. The van der Waals surface area contributed by atoms with Crippen LogP contribution >= 0.6 is 11.8 Å². The molecule has 4 N–H and O–H groups in total. The maximum absolute atomic E-state index is 12.0. The van der Waals surface area contributed by atoms with Crippen LogP contribution in [-0.4, -0.2) is 85.6 Å². The van der Waals surface area contributed by atoms with E-state index in [4.69, 9.17) is 29.4 Å². The van der Waals surface area contributed by atoms with Gasteiger partial charge in [0.1, 0.15) is 17.8 Å². The van der Waals surface area contributed by atoms with Crippen LogP contribution in [-0.2, 0) is 30.7 Å². The van der Waals surface area contributed by atoms with E-state index in [0.29, 0.717) is 36.6 Å². The van der Waals surface area contributed by atoms with Crippen LogP contribution in [0.4, 0.5) is 0 Å². The molecule has 0 spiro atoms. The van der Waals surface area contributed by atoms with Gasteiger partial charge in [-0.15, -0.1) is 11.8 Å². The minimum atomic E-state index is -0.489. The highest BCUT2D eigenvalue weighted by Crippen LogP contribution is 2.30. The molecular weight excluding hydrogens is 678 g/mol. The van der Waals surface area contributed by atoms with Crippen molar-refractivity contribution < 1.29 is 23.7 Å². The predicted molar refractivity (Wildman–Crippen MR) is 183 cm³/mol. The van der Waals surface area contributed by atoms with Crippen molar-refractivity contribution in [2.75, 3.05) is 39.7 Å². The fraction of sp³-hybridized carbons (Fsp3) is 0.484. The van der Waals surface area contributed by atoms with Crippen LogP contribution in [0.2, 0.25) is 0 Å². The van der Waals surface area contributed by atoms with Gasteiger partial charge in [-0.1, -0.05) is 12.2 Å². The SMILES string of the molecule is COCC1C=C[C@H](n2cc(C)c(=O)n(C)c2=O)O1.COC[C@@H]1O[C@H](n2ccc(=O)[nH]c2=O)CS1.Cc1cn([C@H]2C=CC(CN)O2)c(=O)[nH]c1=O. The number of H-pyrrole nitrogens is 2. The van der Waals surface area contributed by atoms with E-state index in [2.05, 4.69) is 9.97 Å². The Morgan fingerprint density at radius 1 is 0.820 bits per heavy atom. The normalized spacial score (nSPS) is 23.7. The van der Waals surface area contributed by atoms with E-state index >= 15 is 0 Å². The largest absolute Gasteiger partial charge is 0.382 e. The second-order valence-electron chi connectivity index (χ2n) is 11.3. The van der Waals surface area contributed by atoms with Crippen LogP contribution in [0.1, 0.15) is 29.8 Å². The summed E-state index contributed by atoms with van der Waals surface area (Å²) in [5.41, 5.74) is 3.97. The van der Waals surface area contributed by atoms with Crippen molar-refractivity contribution in [1.29, 1.82) is 0 Å². The van der Waals surface area contributed by atoms with Gasteiger partial charge in [-0.2, -0.15) is 0 Å². The number of aromatic amines is 2. The highest BCUT2D eigenvalue weighted by molar-refractivity contribution is 8.00. The summed E-state index contributed by atoms with van der Waals surface area (Å²) >= 11 is 1.58. The number of rotatable bonds is 8. The lowest BCUT2D eigenvalue weighted by Gasteiger charge is -2.17. The highest BCUT2D eigenvalue weighted by atomic mass is 32.2. The Balaban J connectivity index is 0.000000169. The Labute approximate surface area is 288 Å². The first kappa shape index (κ1) is 38.4. The molecule has 3 aromatic rings. The molecule has 0 saturated carbocycles. The fourth-order valence-corrected chi connectivity index (χ4v) is 6.01. The van der Waals surface area contributed by atoms with Crippen LogP contribution in [0.3, 0.4) is 0 Å². The van der Waals surface area contributed by atoms with Gasteiger partial charge in [0, 0.05) is 69.3 Å². The molecule has 18 nitrogen and oxygen atoms in total. The number of nitrogens with one attached hydrogen (secondary N) is 2. The third-order valence-corrected chi connectivity index (χ3v) is 8.64. The van der Waals surface area contributed by atoms with E-state index in [1.54, 1.807) is 58.1 Å². The van der Waals surface area contributed by atoms with Gasteiger partial charge < -0.3 is 29.4 Å². The average molecular weight is 720 g/mol. The molecule has 0 radical (unpaired) electrons. The Morgan fingerprint density at radius 3 is 2.08 bits per heavy atom. The number of nitrogens with two attached hydrogens (primary N) is 1. The molecule has 0 amide bonds. The molecule has 50 heavy (non-hydrogen) atoms. The summed E-state index contributed by atoms with van der Waals surface area (Å²) in [6, 6.07) is 1.30. The molecule has 19 heteroatoms. The van der Waals surface area contributed by atoms with Crippen LogP contribution in [0.25, 0.3) is 0 Å². The summed E-state index contributed by atoms with van der Waals surface area (Å²) in [5.74, 6) is 0.667. The minimum Gasteiger partial charge on any atom is -0.382 e. The molecule has 3 aliphatic heterocycles. The molecule has 1 fully saturated rings. The number of hydrogen-bond donors (Lipinski definition) is 3. The standard InChI is InChI=1S/C12H16N2O4.C10H13N3O3.C9H12N2O4S/c1-8-6-14(12(16)13(2)11(8)15)10-5-4-9(18-10)7-17-3;1-6-5-13(10(15)12-9(6)14)8-3-2-7(4-11)16-8;1-14-4-8-15-7(5-16-8)11-3-2-6(12)10-9(11)13/h4-6,9-10H,7H2,1-3H3;2-3,5,7-8H,4,11H2,1H3,(H,12,14,15);2-3,7-8H,4-5H2,1H3,(H,10,12,13)/t9?,10-;7?,8-;7-,8+/m110/s1. The smallest absolute Gasteiger partial charge is 0.333 e. The molecule has 0 bridgehead atoms. The van der Waals surface area contributed by atoms with Crippen LogP contribution in [0.5, 0.6) is 0 Å². The predicted octanol–water partition coefficient (Wildman–Crippen LogP) is -1.02. The molecular formula is C31H41N7O11S. The van der Waals surface area contributed by atoms with Crippen molar-refractivity contribution in [3.05, 3.63) is 123 Å². The molecule has 6 rings (SSSR count). The van der Waals surface area contributed by atoms with Gasteiger partial charge in [0.15, 0.2) is 12.5 Å². The lowest BCUT2D eigenvalue weighted by Crippen LogP contribution is -2.40. The fourth-order valence-electron chi connectivity index (χ4n) is 4.96. The summed E-state index contributed by atoms with van der Waals surface area (Å²) in [5, 5.41) is 0. The monoisotopic (exact) mass is 719 g/mol. The van der Waals surface area contributed by atoms with E-state index < -0.39 is 35.1 Å². The maximum Gasteiger partial charge on any atom is 0.333 e. The average Bonchev–Trinajstić information content (AvgIpc) is 3.87. The Hall–Kier alpha value is -4.37. The van der Waals surface area contributed by atoms with E-state index in [1.807, 2.05) is 6.08 Å². The van der Waals surface area contributed by atoms with Crippen molar-refractivity contribution in [3.63, 3.8) is 0 Å². The number of aryl methyl sites for hydroxylation is 2. The third kappa shape index (κ3) is 9.44. The summed E-state index contributed by atoms with van der Waals surface area (Å²) in [7, 11) is 4.65. The van der Waals surface area contributed by atoms with Gasteiger partial charge in [0.25, 0.3) is 16.7 Å². The van der Waals surface area contributed by atoms with E-state index in [1.165, 1.54) is 45.4 Å². The highest BCUT2D eigenvalue weighted by Gasteiger charge is 2.28. The Kier molecular flexibility index (Phi) is 13.5. The lowest BCUT2D eigenvalue weighted by molar-refractivity contribution is -0.0207. The van der Waals surface area contributed by atoms with Gasteiger partial charge in [0.2, 0.25) is 0 Å². The van der Waals surface area contributed by atoms with E-state index in [0.717, 1.165) is 4.57 Å². The van der Waals surface area contributed by atoms with Crippen LogP contribution in [0, 0.1) is 13.8 Å². The van der Waals surface area contributed by atoms with Gasteiger partial charge in [-0.3, -0.25) is 42.6 Å². The zero-order chi connectivity index (χ0) is 36.5. The van der Waals surface area contributed by atoms with Gasteiger partial charge in [0.05, 0.1) is 19.3 Å². The quantitative estimate of drug-likeness (QED) is 0.238. The topological polar surface area (TPSA) is 226 Å². The zero-order valence-corrected chi connectivity index (χ0v) is 29.0. The van der Waals surface area contributed by atoms with E-state index in [9.17, 15) is 28.8 Å². The minimum absolute atomic E-state index is 0.0613. The molecule has 0 aliphatic carbocycles. The molecule has 3 aromatic heterocycles. The van der Waals surface area contributed by atoms with Crippen LogP contribution < -0.4 is 39.5 Å². The first-order valence-corrected chi connectivity index (χ1v) is 16.5. The molecule has 2 unspecified atom stereocenters. The number of nitrogens with zero attached hydrogens (tertiary/aromatic N) is 4. The van der Waals surface area contributed by atoms with Crippen molar-refractivity contribution in [2.45, 2.75) is 50.2 Å². The Bertz CT molecular complexity index is 2040. The maximum atomic E-state index is 12.0. The van der Waals surface area contributed by atoms with E-state index in [-0.39, 0.29) is 35.0 Å². The summed E-state index contributed by atoms with van der Waals surface area (Å²) in [4.78, 5) is 73.1.